The molecule has 0 spiro atoms. The minimum atomic E-state index is -4.71. The first-order chi connectivity index (χ1) is 18.6. The van der Waals surface area contributed by atoms with Gasteiger partial charge in [-0.2, -0.15) is 21.6 Å². The van der Waals surface area contributed by atoms with Crippen LogP contribution in [0, 0.1) is 5.82 Å². The lowest BCUT2D eigenvalue weighted by Gasteiger charge is -2.13. The molecule has 0 aliphatic heterocycles. The van der Waals surface area contributed by atoms with E-state index >= 15 is 0 Å². The summed E-state index contributed by atoms with van der Waals surface area (Å²) in [4.78, 5) is 27.6. The first-order valence-electron chi connectivity index (χ1n) is 10.8. The van der Waals surface area contributed by atoms with Crippen LogP contribution in [0.15, 0.2) is 54.7 Å². The van der Waals surface area contributed by atoms with E-state index in [-0.39, 0.29) is 28.6 Å². The number of anilines is 2. The molecule has 0 radical (unpaired) electrons. The summed E-state index contributed by atoms with van der Waals surface area (Å²) in [5.74, 6) is -1.58. The van der Waals surface area contributed by atoms with Gasteiger partial charge in [-0.15, -0.1) is 0 Å². The van der Waals surface area contributed by atoms with Crippen LogP contribution < -0.4 is 20.7 Å². The predicted octanol–water partition coefficient (Wildman–Crippen LogP) is 4.56. The van der Waals surface area contributed by atoms with Gasteiger partial charge in [-0.05, 0) is 36.4 Å². The smallest absolute Gasteiger partial charge is 0.417 e. The van der Waals surface area contributed by atoms with Crippen molar-refractivity contribution < 1.29 is 50.0 Å². The van der Waals surface area contributed by atoms with Crippen molar-refractivity contribution in [3.63, 3.8) is 0 Å². The van der Waals surface area contributed by atoms with Crippen LogP contribution in [0.25, 0.3) is 0 Å². The largest absolute Gasteiger partial charge is 0.457 e. The zero-order valence-corrected chi connectivity index (χ0v) is 21.9. The molecule has 1 aromatic heterocycles. The summed E-state index contributed by atoms with van der Waals surface area (Å²) in [5, 5.41) is 14.1. The molecule has 0 unspecified atom stereocenters. The van der Waals surface area contributed by atoms with E-state index < -0.39 is 57.0 Å². The van der Waals surface area contributed by atoms with Gasteiger partial charge >= 0.3 is 12.2 Å². The van der Waals surface area contributed by atoms with Gasteiger partial charge in [-0.3, -0.25) is 14.3 Å². The number of rotatable bonds is 7. The third-order valence-corrected chi connectivity index (χ3v) is 5.52. The van der Waals surface area contributed by atoms with E-state index in [1.807, 2.05) is 0 Å². The monoisotopic (exact) mass is 608 g/mol. The van der Waals surface area contributed by atoms with E-state index in [9.17, 15) is 35.6 Å². The number of aliphatic hydroxyl groups excluding tert-OH is 1. The molecule has 0 atom stereocenters. The quantitative estimate of drug-likeness (QED) is 0.192. The molecule has 0 saturated heterocycles. The third kappa shape index (κ3) is 10.3. The summed E-state index contributed by atoms with van der Waals surface area (Å²) >= 11 is 5.54. The van der Waals surface area contributed by atoms with Crippen LogP contribution in [0.4, 0.5) is 33.7 Å². The maximum atomic E-state index is 14.4. The van der Waals surface area contributed by atoms with Crippen molar-refractivity contribution in [2.75, 3.05) is 30.0 Å². The normalized spacial score (nSPS) is 11.1. The average Bonchev–Trinajstić information content (AvgIpc) is 2.85. The van der Waals surface area contributed by atoms with Crippen molar-refractivity contribution >= 4 is 45.0 Å². The number of hydrogen-bond acceptors (Lipinski definition) is 7. The van der Waals surface area contributed by atoms with E-state index in [0.29, 0.717) is 6.07 Å². The van der Waals surface area contributed by atoms with Gasteiger partial charge in [-0.1, -0.05) is 11.6 Å². The number of halogens is 5. The lowest BCUT2D eigenvalue weighted by Crippen LogP contribution is -2.20. The van der Waals surface area contributed by atoms with Crippen LogP contribution in [-0.4, -0.2) is 54.4 Å². The Balaban J connectivity index is 0.000000708. The first-order valence-corrected chi connectivity index (χ1v) is 12.8. The van der Waals surface area contributed by atoms with Gasteiger partial charge in [0.15, 0.2) is 0 Å². The highest BCUT2D eigenvalue weighted by molar-refractivity contribution is 7.85. The number of nitrogens with one attached hydrogen (secondary N) is 3. The molecule has 0 fully saturated rings. The molecule has 0 saturated carbocycles. The second-order valence-corrected chi connectivity index (χ2v) is 9.46. The van der Waals surface area contributed by atoms with E-state index in [1.54, 1.807) is 0 Å². The zero-order chi connectivity index (χ0) is 30.1. The minimum absolute atomic E-state index is 0.0695. The fourth-order valence-electron chi connectivity index (χ4n) is 2.74. The number of pyridine rings is 1. The van der Waals surface area contributed by atoms with Crippen LogP contribution in [0.5, 0.6) is 11.5 Å². The topological polar surface area (TPSA) is 167 Å². The van der Waals surface area contributed by atoms with Gasteiger partial charge in [0.25, 0.3) is 16.0 Å². The lowest BCUT2D eigenvalue weighted by molar-refractivity contribution is -0.137. The maximum Gasteiger partial charge on any atom is 0.417 e. The minimum Gasteiger partial charge on any atom is -0.457 e. The molecule has 2 aromatic carbocycles. The molecule has 1 heterocycles. The summed E-state index contributed by atoms with van der Waals surface area (Å²) in [6.45, 7) is -0.529. The molecule has 216 valence electrons. The van der Waals surface area contributed by atoms with Gasteiger partial charge in [0, 0.05) is 31.1 Å². The highest BCUT2D eigenvalue weighted by atomic mass is 35.5. The predicted molar refractivity (Wildman–Crippen MR) is 137 cm³/mol. The van der Waals surface area contributed by atoms with Crippen molar-refractivity contribution in [3.05, 3.63) is 76.8 Å². The van der Waals surface area contributed by atoms with Gasteiger partial charge in [0.05, 0.1) is 28.6 Å². The van der Waals surface area contributed by atoms with Crippen molar-refractivity contribution in [1.82, 2.24) is 10.3 Å². The lowest BCUT2D eigenvalue weighted by atomic mass is 10.2. The molecule has 17 heteroatoms. The summed E-state index contributed by atoms with van der Waals surface area (Å²) in [5.41, 5.74) is -1.45. The van der Waals surface area contributed by atoms with E-state index in [4.69, 9.17) is 26.0 Å². The van der Waals surface area contributed by atoms with E-state index in [1.165, 1.54) is 43.6 Å². The molecule has 3 aromatic rings. The molecule has 11 nitrogen and oxygen atoms in total. The van der Waals surface area contributed by atoms with Crippen molar-refractivity contribution in [2.24, 2.45) is 0 Å². The molecular formula is C23H21ClF4N4O7S. The highest BCUT2D eigenvalue weighted by Gasteiger charge is 2.33. The van der Waals surface area contributed by atoms with Gasteiger partial charge in [0.2, 0.25) is 0 Å². The van der Waals surface area contributed by atoms with E-state index in [2.05, 4.69) is 20.9 Å². The van der Waals surface area contributed by atoms with Crippen LogP contribution in [0.1, 0.15) is 16.1 Å². The Labute approximate surface area is 229 Å². The summed E-state index contributed by atoms with van der Waals surface area (Å²) in [6, 6.07) is 8.21. The Morgan fingerprint density at radius 3 is 2.27 bits per heavy atom. The summed E-state index contributed by atoms with van der Waals surface area (Å²) < 4.78 is 85.8. The number of alkyl halides is 3. The Hall–Kier alpha value is -3.99. The highest BCUT2D eigenvalue weighted by Crippen LogP contribution is 2.36. The number of carbonyl (C=O) groups excluding carboxylic acids is 2. The fourth-order valence-corrected chi connectivity index (χ4v) is 3.20. The van der Waals surface area contributed by atoms with Crippen molar-refractivity contribution in [3.8, 4) is 11.5 Å². The number of benzene rings is 2. The molecular weight excluding hydrogens is 588 g/mol. The van der Waals surface area contributed by atoms with Gasteiger partial charge in [-0.25, -0.2) is 9.18 Å². The molecule has 0 bridgehead atoms. The van der Waals surface area contributed by atoms with Crippen molar-refractivity contribution in [2.45, 2.75) is 6.18 Å². The summed E-state index contributed by atoms with van der Waals surface area (Å²) in [7, 11) is -2.48. The molecule has 5 N–H and O–H groups in total. The van der Waals surface area contributed by atoms with Crippen molar-refractivity contribution in [1.29, 1.82) is 0 Å². The molecule has 3 rings (SSSR count). The number of aliphatic hydroxyl groups is 1. The number of aromatic nitrogens is 1. The number of nitrogens with zero attached hydrogens (tertiary/aromatic N) is 1. The number of carbonyl (C=O) groups is 2. The molecule has 0 aliphatic carbocycles. The van der Waals surface area contributed by atoms with E-state index in [0.717, 1.165) is 12.1 Å². The second kappa shape index (κ2) is 13.9. The Kier molecular flexibility index (Phi) is 11.2. The SMILES string of the molecule is CNC(=O)c1cc(Oc2ccc(NC(=O)Nc3ccc(Cl)c(C(F)(F)F)c3)c(F)c2)ccn1.O=S(=O)(O)CCO. The summed E-state index contributed by atoms with van der Waals surface area (Å²) in [6.07, 6.45) is -3.36. The number of urea groups is 1. The first kappa shape index (κ1) is 32.2. The standard InChI is InChI=1S/C21H15ClF4N4O3.C2H6O4S/c1-27-19(31)18-10-13(6-7-28-18)33-12-3-5-17(16(23)9-12)30-20(32)29-11-2-4-15(22)14(8-11)21(24,25)26;3-1-2-7(4,5)6/h2-10H,1H3,(H,27,31)(H2,29,30,32);3H,1-2H2,(H,4,5,6). The van der Waals surface area contributed by atoms with Gasteiger partial charge in [0.1, 0.15) is 23.0 Å². The fraction of sp³-hybridized carbons (Fsp3) is 0.174. The number of ether oxygens (including phenoxy) is 1. The zero-order valence-electron chi connectivity index (χ0n) is 20.3. The number of amides is 3. The second-order valence-electron chi connectivity index (χ2n) is 7.48. The Morgan fingerprint density at radius 2 is 1.73 bits per heavy atom. The maximum absolute atomic E-state index is 14.4. The molecule has 40 heavy (non-hydrogen) atoms. The van der Waals surface area contributed by atoms with Crippen LogP contribution in [-0.2, 0) is 16.3 Å². The molecule has 0 aliphatic rings. The van der Waals surface area contributed by atoms with Gasteiger partial charge < -0.3 is 25.8 Å². The Bertz CT molecular complexity index is 1470. The third-order valence-electron chi connectivity index (χ3n) is 4.49. The Morgan fingerprint density at radius 1 is 1.05 bits per heavy atom. The average molecular weight is 609 g/mol. The van der Waals surface area contributed by atoms with Crippen LogP contribution in [0.2, 0.25) is 5.02 Å². The van der Waals surface area contributed by atoms with Crippen LogP contribution in [0.3, 0.4) is 0 Å². The number of hydrogen-bond donors (Lipinski definition) is 5. The molecule has 3 amide bonds. The van der Waals surface area contributed by atoms with Crippen LogP contribution >= 0.6 is 11.6 Å².